The highest BCUT2D eigenvalue weighted by molar-refractivity contribution is 7.87. The van der Waals surface area contributed by atoms with Crippen LogP contribution in [0.25, 0.3) is 0 Å². The van der Waals surface area contributed by atoms with Gasteiger partial charge in [0.1, 0.15) is 0 Å². The van der Waals surface area contributed by atoms with Crippen molar-refractivity contribution in [1.29, 1.82) is 0 Å². The molecule has 0 aliphatic carbocycles. The summed E-state index contributed by atoms with van der Waals surface area (Å²) in [5.41, 5.74) is 0. The van der Waals surface area contributed by atoms with Crippen molar-refractivity contribution in [2.75, 3.05) is 33.9 Å². The van der Waals surface area contributed by atoms with Crippen LogP contribution in [0.5, 0.6) is 0 Å². The van der Waals surface area contributed by atoms with Crippen LogP contribution in [0.3, 0.4) is 0 Å². The molecule has 1 aliphatic heterocycles. The average Bonchev–Trinajstić information content (AvgIpc) is 2.39. The van der Waals surface area contributed by atoms with Gasteiger partial charge >= 0.3 is 0 Å². The number of piperidine rings is 1. The molecule has 0 aromatic rings. The molecule has 1 fully saturated rings. The van der Waals surface area contributed by atoms with E-state index in [1.165, 1.54) is 0 Å². The van der Waals surface area contributed by atoms with Gasteiger partial charge in [0.15, 0.2) is 0 Å². The number of likely N-dealkylation sites (N-methyl/N-ethyl adjacent to an activating group) is 1. The Labute approximate surface area is 117 Å². The Morgan fingerprint density at radius 1 is 1.42 bits per heavy atom. The highest BCUT2D eigenvalue weighted by atomic mass is 32.2. The van der Waals surface area contributed by atoms with Gasteiger partial charge in [0, 0.05) is 32.3 Å². The van der Waals surface area contributed by atoms with E-state index in [4.69, 9.17) is 4.74 Å². The topological polar surface area (TPSA) is 70.7 Å². The second-order valence-electron chi connectivity index (χ2n) is 5.00. The number of ether oxygens (including phenoxy) is 1. The fourth-order valence-corrected chi connectivity index (χ4v) is 4.18. The van der Waals surface area contributed by atoms with Gasteiger partial charge in [-0.25, -0.2) is 0 Å². The molecular formula is C12H27N3O3S. The molecule has 0 spiro atoms. The van der Waals surface area contributed by atoms with Gasteiger partial charge in [0.05, 0.1) is 6.61 Å². The fraction of sp³-hybridized carbons (Fsp3) is 1.00. The van der Waals surface area contributed by atoms with Gasteiger partial charge in [-0.15, -0.1) is 0 Å². The summed E-state index contributed by atoms with van der Waals surface area (Å²) in [6.45, 7) is 3.65. The summed E-state index contributed by atoms with van der Waals surface area (Å²) < 4.78 is 34.3. The zero-order valence-corrected chi connectivity index (χ0v) is 13.0. The number of hydrogen-bond acceptors (Lipinski definition) is 4. The van der Waals surface area contributed by atoms with Gasteiger partial charge in [-0.05, 0) is 26.3 Å². The van der Waals surface area contributed by atoms with Gasteiger partial charge in [-0.1, -0.05) is 13.3 Å². The molecular weight excluding hydrogens is 266 g/mol. The van der Waals surface area contributed by atoms with Crippen LogP contribution in [0.2, 0.25) is 0 Å². The molecule has 114 valence electrons. The van der Waals surface area contributed by atoms with Crippen molar-refractivity contribution in [1.82, 2.24) is 14.3 Å². The average molecular weight is 293 g/mol. The van der Waals surface area contributed by atoms with Gasteiger partial charge in [-0.3, -0.25) is 0 Å². The number of nitrogens with one attached hydrogen (secondary N) is 2. The summed E-state index contributed by atoms with van der Waals surface area (Å²) >= 11 is 0. The minimum absolute atomic E-state index is 0.0521. The zero-order valence-electron chi connectivity index (χ0n) is 12.2. The predicted molar refractivity (Wildman–Crippen MR) is 76.3 cm³/mol. The van der Waals surface area contributed by atoms with E-state index in [2.05, 4.69) is 10.0 Å². The van der Waals surface area contributed by atoms with E-state index in [0.29, 0.717) is 19.7 Å². The lowest BCUT2D eigenvalue weighted by Gasteiger charge is -2.35. The minimum atomic E-state index is -3.42. The van der Waals surface area contributed by atoms with Crippen LogP contribution in [0, 0.1) is 0 Å². The van der Waals surface area contributed by atoms with Crippen molar-refractivity contribution in [2.45, 2.75) is 44.7 Å². The second-order valence-corrected chi connectivity index (χ2v) is 6.66. The van der Waals surface area contributed by atoms with Crippen LogP contribution in [0.4, 0.5) is 0 Å². The summed E-state index contributed by atoms with van der Waals surface area (Å²) in [7, 11) is 0.0139. The first-order valence-corrected chi connectivity index (χ1v) is 8.41. The molecule has 2 atom stereocenters. The molecule has 0 amide bonds. The Morgan fingerprint density at radius 3 is 2.74 bits per heavy atom. The number of rotatable bonds is 8. The molecule has 2 unspecified atom stereocenters. The predicted octanol–water partition coefficient (Wildman–Crippen LogP) is 0.320. The third-order valence-corrected chi connectivity index (χ3v) is 5.23. The molecule has 6 nitrogen and oxygen atoms in total. The van der Waals surface area contributed by atoms with Crippen molar-refractivity contribution < 1.29 is 13.2 Å². The van der Waals surface area contributed by atoms with E-state index >= 15 is 0 Å². The van der Waals surface area contributed by atoms with E-state index in [1.54, 1.807) is 11.4 Å². The Balaban J connectivity index is 2.72. The molecule has 0 bridgehead atoms. The Morgan fingerprint density at radius 2 is 2.16 bits per heavy atom. The first-order chi connectivity index (χ1) is 9.05. The molecule has 7 heteroatoms. The van der Waals surface area contributed by atoms with Crippen LogP contribution in [0.1, 0.15) is 32.6 Å². The first-order valence-electron chi connectivity index (χ1n) is 6.97. The molecule has 1 saturated heterocycles. The van der Waals surface area contributed by atoms with Gasteiger partial charge < -0.3 is 10.1 Å². The monoisotopic (exact) mass is 293 g/mol. The van der Waals surface area contributed by atoms with Crippen molar-refractivity contribution in [3.8, 4) is 0 Å². The van der Waals surface area contributed by atoms with E-state index in [1.807, 2.05) is 14.0 Å². The van der Waals surface area contributed by atoms with Crippen LogP contribution in [0.15, 0.2) is 0 Å². The number of nitrogens with zero attached hydrogens (tertiary/aromatic N) is 1. The minimum Gasteiger partial charge on any atom is -0.383 e. The molecule has 0 aromatic carbocycles. The Hall–Kier alpha value is -0.210. The van der Waals surface area contributed by atoms with E-state index in [9.17, 15) is 8.42 Å². The quantitative estimate of drug-likeness (QED) is 0.676. The number of methoxy groups -OCH3 is 1. The molecule has 1 aliphatic rings. The van der Waals surface area contributed by atoms with Crippen molar-refractivity contribution in [3.05, 3.63) is 0 Å². The normalized spacial score (nSPS) is 23.4. The standard InChI is InChI=1S/C12H27N3O3S/c1-4-11(10-18-3)14-19(16,17)15-8-6-5-7-12(15)9-13-2/h11-14H,4-10H2,1-3H3. The lowest BCUT2D eigenvalue weighted by Crippen LogP contribution is -2.54. The summed E-state index contributed by atoms with van der Waals surface area (Å²) in [6, 6.07) is -0.108. The first kappa shape index (κ1) is 16.8. The van der Waals surface area contributed by atoms with Crippen LogP contribution in [-0.2, 0) is 14.9 Å². The van der Waals surface area contributed by atoms with Gasteiger partial charge in [0.2, 0.25) is 0 Å². The Kier molecular flexibility index (Phi) is 7.23. The third kappa shape index (κ3) is 5.00. The fourth-order valence-electron chi connectivity index (χ4n) is 2.44. The second kappa shape index (κ2) is 8.16. The lowest BCUT2D eigenvalue weighted by molar-refractivity contribution is 0.170. The molecule has 1 rings (SSSR count). The maximum Gasteiger partial charge on any atom is 0.280 e. The van der Waals surface area contributed by atoms with Crippen LogP contribution < -0.4 is 10.0 Å². The van der Waals surface area contributed by atoms with E-state index in [0.717, 1.165) is 25.7 Å². The van der Waals surface area contributed by atoms with Gasteiger partial charge in [0.25, 0.3) is 10.2 Å². The maximum absolute atomic E-state index is 12.4. The summed E-state index contributed by atoms with van der Waals surface area (Å²) in [5, 5.41) is 3.07. The Bertz CT molecular complexity index is 346. The zero-order chi connectivity index (χ0) is 14.3. The highest BCUT2D eigenvalue weighted by Gasteiger charge is 2.32. The molecule has 19 heavy (non-hydrogen) atoms. The van der Waals surface area contributed by atoms with Crippen LogP contribution >= 0.6 is 0 Å². The van der Waals surface area contributed by atoms with E-state index in [-0.39, 0.29) is 12.1 Å². The molecule has 1 heterocycles. The lowest BCUT2D eigenvalue weighted by atomic mass is 10.1. The van der Waals surface area contributed by atoms with Gasteiger partial charge in [-0.2, -0.15) is 17.4 Å². The van der Waals surface area contributed by atoms with Crippen LogP contribution in [-0.4, -0.2) is 58.7 Å². The molecule has 2 N–H and O–H groups in total. The molecule has 0 radical (unpaired) electrons. The SMILES string of the molecule is CCC(COC)NS(=O)(=O)N1CCCCC1CNC. The van der Waals surface area contributed by atoms with Crippen molar-refractivity contribution in [3.63, 3.8) is 0 Å². The molecule has 0 aromatic heterocycles. The summed E-state index contributed by atoms with van der Waals surface area (Å²) in [6.07, 6.45) is 3.66. The summed E-state index contributed by atoms with van der Waals surface area (Å²) in [4.78, 5) is 0. The largest absolute Gasteiger partial charge is 0.383 e. The summed E-state index contributed by atoms with van der Waals surface area (Å²) in [5.74, 6) is 0. The highest BCUT2D eigenvalue weighted by Crippen LogP contribution is 2.19. The molecule has 0 saturated carbocycles. The smallest absolute Gasteiger partial charge is 0.280 e. The number of hydrogen-bond donors (Lipinski definition) is 2. The third-order valence-electron chi connectivity index (χ3n) is 3.50. The maximum atomic E-state index is 12.4. The van der Waals surface area contributed by atoms with Crippen molar-refractivity contribution >= 4 is 10.2 Å². The van der Waals surface area contributed by atoms with E-state index < -0.39 is 10.2 Å². The van der Waals surface area contributed by atoms with Crippen molar-refractivity contribution in [2.24, 2.45) is 0 Å².